The Balaban J connectivity index is 1.85. The van der Waals surface area contributed by atoms with Crippen molar-refractivity contribution in [2.45, 2.75) is 96.8 Å². The smallest absolute Gasteiger partial charge is 0.224 e. The lowest BCUT2D eigenvalue weighted by Gasteiger charge is -2.33. The zero-order chi connectivity index (χ0) is 25.8. The first kappa shape index (κ1) is 29.1. The van der Waals surface area contributed by atoms with E-state index in [4.69, 9.17) is 4.74 Å². The molecule has 0 heterocycles. The van der Waals surface area contributed by atoms with Gasteiger partial charge in [0.15, 0.2) is 0 Å². The number of aliphatic hydroxyl groups is 2. The predicted molar refractivity (Wildman–Crippen MR) is 138 cm³/mol. The fourth-order valence-electron chi connectivity index (χ4n) is 4.78. The number of carbonyl (C=O) groups excluding carboxylic acids is 2. The third-order valence-electron chi connectivity index (χ3n) is 7.01. The molecule has 1 aliphatic carbocycles. The highest BCUT2D eigenvalue weighted by Crippen LogP contribution is 2.29. The summed E-state index contributed by atoms with van der Waals surface area (Å²) < 4.78 is 5.15. The number of hydrogen-bond acceptors (Lipinski definition) is 5. The topological polar surface area (TPSA) is 108 Å². The summed E-state index contributed by atoms with van der Waals surface area (Å²) in [5.41, 5.74) is 1.05. The molecule has 0 bridgehead atoms. The summed E-state index contributed by atoms with van der Waals surface area (Å²) in [5, 5.41) is 27.3. The van der Waals surface area contributed by atoms with Gasteiger partial charge in [-0.3, -0.25) is 9.59 Å². The first-order valence-corrected chi connectivity index (χ1v) is 13.3. The van der Waals surface area contributed by atoms with Gasteiger partial charge < -0.3 is 25.6 Å². The predicted octanol–water partition coefficient (Wildman–Crippen LogP) is 3.60. The monoisotopic (exact) mass is 490 g/mol. The van der Waals surface area contributed by atoms with Crippen molar-refractivity contribution in [1.82, 2.24) is 10.6 Å². The Morgan fingerprint density at radius 1 is 1.06 bits per heavy atom. The lowest BCUT2D eigenvalue weighted by atomic mass is 9.82. The fourth-order valence-corrected chi connectivity index (χ4v) is 4.78. The number of methoxy groups -OCH3 is 1. The number of rotatable bonds is 14. The Kier molecular flexibility index (Phi) is 12.6. The van der Waals surface area contributed by atoms with Gasteiger partial charge in [0.05, 0.1) is 25.2 Å². The minimum absolute atomic E-state index is 0.105. The van der Waals surface area contributed by atoms with Crippen molar-refractivity contribution in [2.75, 3.05) is 13.7 Å². The number of benzene rings is 1. The highest BCUT2D eigenvalue weighted by molar-refractivity contribution is 5.81. The fraction of sp³-hybridized carbons (Fsp3) is 0.714. The lowest BCUT2D eigenvalue weighted by Crippen LogP contribution is -2.52. The van der Waals surface area contributed by atoms with E-state index < -0.39 is 24.2 Å². The molecule has 0 unspecified atom stereocenters. The summed E-state index contributed by atoms with van der Waals surface area (Å²) in [6.45, 7) is 6.01. The molecular weight excluding hydrogens is 444 g/mol. The number of nitrogens with one attached hydrogen (secondary N) is 2. The van der Waals surface area contributed by atoms with Crippen LogP contribution in [0.3, 0.4) is 0 Å². The molecule has 0 aromatic heterocycles. The highest BCUT2D eigenvalue weighted by Gasteiger charge is 2.32. The normalized spacial score (nSPS) is 17.9. The van der Waals surface area contributed by atoms with Crippen molar-refractivity contribution in [2.24, 2.45) is 17.8 Å². The number of hydrogen-bond donors (Lipinski definition) is 4. The van der Waals surface area contributed by atoms with Crippen LogP contribution in [0.15, 0.2) is 24.3 Å². The second-order valence-electron chi connectivity index (χ2n) is 10.6. The van der Waals surface area contributed by atoms with Crippen molar-refractivity contribution >= 4 is 11.8 Å². The highest BCUT2D eigenvalue weighted by atomic mass is 16.5. The molecule has 1 aliphatic rings. The van der Waals surface area contributed by atoms with Crippen LogP contribution >= 0.6 is 0 Å². The maximum atomic E-state index is 12.9. The van der Waals surface area contributed by atoms with Crippen molar-refractivity contribution in [1.29, 1.82) is 0 Å². The Bertz CT molecular complexity index is 761. The zero-order valence-corrected chi connectivity index (χ0v) is 22.0. The minimum atomic E-state index is -1.01. The van der Waals surface area contributed by atoms with Gasteiger partial charge in [0, 0.05) is 13.0 Å². The second-order valence-corrected chi connectivity index (χ2v) is 10.6. The van der Waals surface area contributed by atoms with E-state index in [0.717, 1.165) is 24.2 Å². The van der Waals surface area contributed by atoms with Gasteiger partial charge in [0.2, 0.25) is 11.8 Å². The first-order valence-electron chi connectivity index (χ1n) is 13.3. The summed E-state index contributed by atoms with van der Waals surface area (Å²) in [7, 11) is 1.62. The van der Waals surface area contributed by atoms with Crippen LogP contribution in [0.25, 0.3) is 0 Å². The molecule has 198 valence electrons. The third kappa shape index (κ3) is 10.6. The molecule has 4 atom stereocenters. The van der Waals surface area contributed by atoms with Gasteiger partial charge in [-0.15, -0.1) is 0 Å². The van der Waals surface area contributed by atoms with E-state index in [2.05, 4.69) is 10.6 Å². The van der Waals surface area contributed by atoms with Crippen molar-refractivity contribution in [3.63, 3.8) is 0 Å². The van der Waals surface area contributed by atoms with Crippen molar-refractivity contribution < 1.29 is 24.5 Å². The molecule has 7 heteroatoms. The van der Waals surface area contributed by atoms with E-state index in [9.17, 15) is 19.8 Å². The molecule has 7 nitrogen and oxygen atoms in total. The van der Waals surface area contributed by atoms with E-state index in [0.29, 0.717) is 31.6 Å². The summed E-state index contributed by atoms with van der Waals surface area (Å²) in [4.78, 5) is 25.2. The van der Waals surface area contributed by atoms with Gasteiger partial charge in [0.25, 0.3) is 0 Å². The average Bonchev–Trinajstić information content (AvgIpc) is 2.85. The second kappa shape index (κ2) is 15.1. The van der Waals surface area contributed by atoms with Gasteiger partial charge in [-0.25, -0.2) is 0 Å². The van der Waals surface area contributed by atoms with E-state index in [1.165, 1.54) is 19.3 Å². The van der Waals surface area contributed by atoms with Crippen LogP contribution in [0.4, 0.5) is 0 Å². The molecule has 2 amide bonds. The van der Waals surface area contributed by atoms with Crippen LogP contribution < -0.4 is 15.4 Å². The molecule has 1 aromatic carbocycles. The molecule has 1 aromatic rings. The number of ether oxygens (including phenoxy) is 1. The standard InChI is InChI=1S/C28H46N2O5/c1-19(2)16-25(31)27(33)24(17-22-8-6-5-7-9-22)30-28(34)20(3)18-29-26(32)15-12-21-10-13-23(35-4)14-11-21/h10-11,13-14,19-20,22,24-25,27,31,33H,5-9,12,15-18H2,1-4H3,(H,29,32)(H,30,34)/t20-,24-,25+,27+/m0/s1. The van der Waals surface area contributed by atoms with Crippen LogP contribution in [0.1, 0.15) is 77.7 Å². The number of amides is 2. The quantitative estimate of drug-likeness (QED) is 0.319. The van der Waals surface area contributed by atoms with Gasteiger partial charge in [0.1, 0.15) is 11.9 Å². The lowest BCUT2D eigenvalue weighted by molar-refractivity contribution is -0.127. The summed E-state index contributed by atoms with van der Waals surface area (Å²) >= 11 is 0. The van der Waals surface area contributed by atoms with Gasteiger partial charge in [-0.1, -0.05) is 65.0 Å². The molecule has 1 saturated carbocycles. The molecule has 2 rings (SSSR count). The molecule has 4 N–H and O–H groups in total. The van der Waals surface area contributed by atoms with Gasteiger partial charge >= 0.3 is 0 Å². The molecule has 35 heavy (non-hydrogen) atoms. The molecule has 0 spiro atoms. The number of aliphatic hydroxyl groups excluding tert-OH is 2. The van der Waals surface area contributed by atoms with Crippen molar-refractivity contribution in [3.05, 3.63) is 29.8 Å². The molecule has 1 fully saturated rings. The third-order valence-corrected chi connectivity index (χ3v) is 7.01. The molecule has 0 saturated heterocycles. The van der Waals surface area contributed by atoms with E-state index in [1.54, 1.807) is 14.0 Å². The van der Waals surface area contributed by atoms with Crippen LogP contribution in [-0.2, 0) is 16.0 Å². The van der Waals surface area contributed by atoms with E-state index in [-0.39, 0.29) is 24.3 Å². The molecular formula is C28H46N2O5. The molecule has 0 aliphatic heterocycles. The minimum Gasteiger partial charge on any atom is -0.497 e. The zero-order valence-electron chi connectivity index (χ0n) is 22.0. The SMILES string of the molecule is COc1ccc(CCC(=O)NC[C@H](C)C(=O)N[C@@H](CC2CCCCC2)[C@@H](O)[C@H](O)CC(C)C)cc1. The number of aryl methyl sites for hydroxylation is 1. The maximum absolute atomic E-state index is 12.9. The Morgan fingerprint density at radius 3 is 2.31 bits per heavy atom. The first-order chi connectivity index (χ1) is 16.7. The Morgan fingerprint density at radius 2 is 1.71 bits per heavy atom. The van der Waals surface area contributed by atoms with Crippen LogP contribution in [-0.4, -0.2) is 53.9 Å². The van der Waals surface area contributed by atoms with Crippen LogP contribution in [0.2, 0.25) is 0 Å². The van der Waals surface area contributed by atoms with E-state index in [1.807, 2.05) is 38.1 Å². The summed E-state index contributed by atoms with van der Waals surface area (Å²) in [6, 6.07) is 7.13. The average molecular weight is 491 g/mol. The van der Waals surface area contributed by atoms with Crippen LogP contribution in [0.5, 0.6) is 5.75 Å². The Labute approximate surface area is 211 Å². The number of carbonyl (C=O) groups is 2. The maximum Gasteiger partial charge on any atom is 0.224 e. The van der Waals surface area contributed by atoms with Crippen molar-refractivity contribution in [3.8, 4) is 5.75 Å². The summed E-state index contributed by atoms with van der Waals surface area (Å²) in [5.74, 6) is 0.717. The summed E-state index contributed by atoms with van der Waals surface area (Å²) in [6.07, 6.45) is 6.00. The molecule has 0 radical (unpaired) electrons. The van der Waals surface area contributed by atoms with Gasteiger partial charge in [-0.05, 0) is 48.8 Å². The van der Waals surface area contributed by atoms with Crippen LogP contribution in [0, 0.1) is 17.8 Å². The largest absolute Gasteiger partial charge is 0.497 e. The Hall–Kier alpha value is -2.12. The van der Waals surface area contributed by atoms with Gasteiger partial charge in [-0.2, -0.15) is 0 Å². The van der Waals surface area contributed by atoms with E-state index >= 15 is 0 Å².